The summed E-state index contributed by atoms with van der Waals surface area (Å²) in [6.45, 7) is 6.94. The van der Waals surface area contributed by atoms with Crippen molar-refractivity contribution in [2.24, 2.45) is 0 Å². The van der Waals surface area contributed by atoms with E-state index in [9.17, 15) is 5.21 Å². The Morgan fingerprint density at radius 1 is 1.19 bits per heavy atom. The Morgan fingerprint density at radius 2 is 1.96 bits per heavy atom. The number of hydrogen-bond acceptors (Lipinski definition) is 4. The van der Waals surface area contributed by atoms with Crippen molar-refractivity contribution in [2.45, 2.75) is 51.1 Å². The molecule has 0 spiro atoms. The summed E-state index contributed by atoms with van der Waals surface area (Å²) in [5.74, 6) is 0. The first-order chi connectivity index (χ1) is 12.6. The first-order valence-electron chi connectivity index (χ1n) is 10.2. The summed E-state index contributed by atoms with van der Waals surface area (Å²) in [6, 6.07) is 11.9. The molecule has 0 amide bonds. The molecule has 26 heavy (non-hydrogen) atoms. The van der Waals surface area contributed by atoms with Crippen molar-refractivity contribution >= 4 is 6.08 Å². The van der Waals surface area contributed by atoms with Gasteiger partial charge in [-0.1, -0.05) is 42.0 Å². The Hall–Kier alpha value is -1.20. The average Bonchev–Trinajstić information content (AvgIpc) is 3.47. The quantitative estimate of drug-likeness (QED) is 0.682. The number of rotatable bonds is 9. The zero-order valence-electron chi connectivity index (χ0n) is 16.5. The van der Waals surface area contributed by atoms with Crippen LogP contribution in [0.25, 0.3) is 6.08 Å². The van der Waals surface area contributed by atoms with Crippen LogP contribution in [0, 0.1) is 0 Å². The highest BCUT2D eigenvalue weighted by Gasteiger charge is 2.33. The van der Waals surface area contributed by atoms with Crippen molar-refractivity contribution in [3.8, 4) is 0 Å². The minimum absolute atomic E-state index is 0.613. The first-order valence-corrected chi connectivity index (χ1v) is 10.2. The molecule has 1 aliphatic carbocycles. The zero-order valence-corrected chi connectivity index (χ0v) is 16.5. The fraction of sp³-hybridized carbons (Fsp3) is 0.636. The van der Waals surface area contributed by atoms with Gasteiger partial charge in [0.1, 0.15) is 0 Å². The summed E-state index contributed by atoms with van der Waals surface area (Å²) in [6.07, 6.45) is 8.61. The number of likely N-dealkylation sites (tertiary alicyclic amines) is 1. The van der Waals surface area contributed by atoms with Crippen molar-refractivity contribution in [3.63, 3.8) is 0 Å². The van der Waals surface area contributed by atoms with Crippen LogP contribution in [0.1, 0.15) is 44.6 Å². The van der Waals surface area contributed by atoms with Gasteiger partial charge in [0.2, 0.25) is 0 Å². The monoisotopic (exact) mass is 357 g/mol. The van der Waals surface area contributed by atoms with Gasteiger partial charge >= 0.3 is 0 Å². The van der Waals surface area contributed by atoms with Crippen LogP contribution in [0.4, 0.5) is 0 Å². The smallest absolute Gasteiger partial charge is 0.0448 e. The van der Waals surface area contributed by atoms with E-state index in [1.54, 1.807) is 0 Å². The summed E-state index contributed by atoms with van der Waals surface area (Å²) in [4.78, 5) is 5.20. The molecule has 1 atom stereocenters. The number of likely N-dealkylation sites (N-methyl/N-ethyl adjacent to an activating group) is 1. The van der Waals surface area contributed by atoms with Gasteiger partial charge < -0.3 is 10.1 Å². The van der Waals surface area contributed by atoms with Crippen LogP contribution < -0.4 is 0 Å². The van der Waals surface area contributed by atoms with Gasteiger partial charge in [-0.3, -0.25) is 4.90 Å². The standard InChI is InChI=1S/C22H35N3O/c1-19(16-20-8-4-3-5-9-20)17-25(26)15-7-14-24-13-6-10-22(18-24)23(2)21-11-12-21/h3-5,8-9,16,21-22,26H,6-7,10-15,17-18H2,1-2H3/b19-16+. The van der Waals surface area contributed by atoms with E-state index >= 15 is 0 Å². The molecule has 2 aliphatic rings. The molecule has 2 fully saturated rings. The Morgan fingerprint density at radius 3 is 2.69 bits per heavy atom. The van der Waals surface area contributed by atoms with E-state index < -0.39 is 0 Å². The van der Waals surface area contributed by atoms with Gasteiger partial charge in [0, 0.05) is 31.7 Å². The van der Waals surface area contributed by atoms with E-state index in [1.165, 1.54) is 55.0 Å². The van der Waals surface area contributed by atoms with Crippen molar-refractivity contribution < 1.29 is 5.21 Å². The summed E-state index contributed by atoms with van der Waals surface area (Å²) in [5.41, 5.74) is 2.38. The lowest BCUT2D eigenvalue weighted by molar-refractivity contribution is -0.0842. The van der Waals surface area contributed by atoms with Gasteiger partial charge in [0.15, 0.2) is 0 Å². The van der Waals surface area contributed by atoms with Gasteiger partial charge in [-0.15, -0.1) is 0 Å². The third-order valence-electron chi connectivity index (χ3n) is 5.71. The van der Waals surface area contributed by atoms with E-state index in [4.69, 9.17) is 0 Å². The zero-order chi connectivity index (χ0) is 18.4. The van der Waals surface area contributed by atoms with Gasteiger partial charge in [0.05, 0.1) is 0 Å². The topological polar surface area (TPSA) is 30.0 Å². The minimum atomic E-state index is 0.613. The normalized spacial score (nSPS) is 22.3. The first kappa shape index (κ1) is 19.6. The number of nitrogens with zero attached hydrogens (tertiary/aromatic N) is 3. The van der Waals surface area contributed by atoms with Gasteiger partial charge in [-0.05, 0) is 64.7 Å². The van der Waals surface area contributed by atoms with E-state index in [1.807, 2.05) is 18.2 Å². The maximum Gasteiger partial charge on any atom is 0.0448 e. The molecule has 1 N–H and O–H groups in total. The van der Waals surface area contributed by atoms with Gasteiger partial charge in [0.25, 0.3) is 0 Å². The predicted molar refractivity (Wildman–Crippen MR) is 108 cm³/mol. The fourth-order valence-corrected chi connectivity index (χ4v) is 4.07. The summed E-state index contributed by atoms with van der Waals surface area (Å²) in [5, 5.41) is 11.7. The second-order valence-corrected chi connectivity index (χ2v) is 8.14. The maximum absolute atomic E-state index is 10.2. The molecule has 0 bridgehead atoms. The van der Waals surface area contributed by atoms with Crippen molar-refractivity contribution in [1.82, 2.24) is 14.9 Å². The molecule has 3 rings (SSSR count). The number of hydrogen-bond donors (Lipinski definition) is 1. The lowest BCUT2D eigenvalue weighted by Gasteiger charge is -2.38. The minimum Gasteiger partial charge on any atom is -0.314 e. The molecule has 1 heterocycles. The van der Waals surface area contributed by atoms with Crippen molar-refractivity contribution in [1.29, 1.82) is 0 Å². The predicted octanol–water partition coefficient (Wildman–Crippen LogP) is 3.73. The molecule has 1 saturated carbocycles. The molecule has 1 aliphatic heterocycles. The number of benzene rings is 1. The molecular weight excluding hydrogens is 322 g/mol. The maximum atomic E-state index is 10.2. The van der Waals surface area contributed by atoms with Crippen molar-refractivity contribution in [3.05, 3.63) is 41.5 Å². The highest BCUT2D eigenvalue weighted by atomic mass is 16.5. The molecule has 1 unspecified atom stereocenters. The summed E-state index contributed by atoms with van der Waals surface area (Å²) in [7, 11) is 2.31. The summed E-state index contributed by atoms with van der Waals surface area (Å²) >= 11 is 0. The Bertz CT molecular complexity index is 570. The molecule has 1 saturated heterocycles. The third kappa shape index (κ3) is 6.20. The van der Waals surface area contributed by atoms with Crippen LogP contribution >= 0.6 is 0 Å². The van der Waals surface area contributed by atoms with Gasteiger partial charge in [-0.2, -0.15) is 5.06 Å². The second-order valence-electron chi connectivity index (χ2n) is 8.14. The van der Waals surface area contributed by atoms with Crippen LogP contribution in [0.2, 0.25) is 0 Å². The fourth-order valence-electron chi connectivity index (χ4n) is 4.07. The average molecular weight is 358 g/mol. The largest absolute Gasteiger partial charge is 0.314 e. The van der Waals surface area contributed by atoms with E-state index in [0.29, 0.717) is 6.54 Å². The van der Waals surface area contributed by atoms with Crippen LogP contribution in [-0.4, -0.2) is 71.9 Å². The third-order valence-corrected chi connectivity index (χ3v) is 5.71. The van der Waals surface area contributed by atoms with Crippen LogP contribution in [0.5, 0.6) is 0 Å². The Labute approximate surface area is 159 Å². The van der Waals surface area contributed by atoms with Crippen LogP contribution in [0.3, 0.4) is 0 Å². The lowest BCUT2D eigenvalue weighted by atomic mass is 10.0. The molecule has 0 radical (unpaired) electrons. The van der Waals surface area contributed by atoms with E-state index in [2.05, 4.69) is 42.0 Å². The second kappa shape index (κ2) is 9.65. The Kier molecular flexibility index (Phi) is 7.26. The highest BCUT2D eigenvalue weighted by Crippen LogP contribution is 2.29. The molecular formula is C22H35N3O. The lowest BCUT2D eigenvalue weighted by Crippen LogP contribution is -2.47. The van der Waals surface area contributed by atoms with Crippen LogP contribution in [0.15, 0.2) is 35.9 Å². The molecule has 144 valence electrons. The number of hydroxylamine groups is 2. The van der Waals surface area contributed by atoms with E-state index in [-0.39, 0.29) is 0 Å². The molecule has 0 aromatic heterocycles. The Balaban J connectivity index is 1.35. The molecule has 1 aromatic rings. The molecule has 4 nitrogen and oxygen atoms in total. The number of piperidine rings is 1. The van der Waals surface area contributed by atoms with Crippen LogP contribution in [-0.2, 0) is 0 Å². The van der Waals surface area contributed by atoms with Gasteiger partial charge in [-0.25, -0.2) is 0 Å². The molecule has 1 aromatic carbocycles. The molecule has 4 heteroatoms. The SMILES string of the molecule is C/C(=C\c1ccccc1)CN(O)CCCN1CCCC(N(C)C2CC2)C1. The highest BCUT2D eigenvalue weighted by molar-refractivity contribution is 5.52. The van der Waals surface area contributed by atoms with E-state index in [0.717, 1.165) is 31.6 Å². The summed E-state index contributed by atoms with van der Waals surface area (Å²) < 4.78 is 0. The van der Waals surface area contributed by atoms with Crippen molar-refractivity contribution in [2.75, 3.05) is 39.8 Å².